The van der Waals surface area contributed by atoms with Crippen LogP contribution in [-0.2, 0) is 11.3 Å². The Morgan fingerprint density at radius 3 is 2.80 bits per heavy atom. The quantitative estimate of drug-likeness (QED) is 0.769. The van der Waals surface area contributed by atoms with Crippen LogP contribution >= 0.6 is 0 Å². The zero-order valence-corrected chi connectivity index (χ0v) is 9.66. The molecule has 1 aromatic heterocycles. The maximum absolute atomic E-state index is 5.57. The van der Waals surface area contributed by atoms with Crippen molar-refractivity contribution in [3.8, 4) is 0 Å². The first-order chi connectivity index (χ1) is 7.14. The van der Waals surface area contributed by atoms with E-state index in [4.69, 9.17) is 4.74 Å². The summed E-state index contributed by atoms with van der Waals surface area (Å²) < 4.78 is 5.57. The summed E-state index contributed by atoms with van der Waals surface area (Å²) in [6, 6.07) is 0. The first kappa shape index (κ1) is 12.1. The third-order valence-corrected chi connectivity index (χ3v) is 2.01. The lowest BCUT2D eigenvalue weighted by Crippen LogP contribution is -2.37. The van der Waals surface area contributed by atoms with Crippen LogP contribution in [0.5, 0.6) is 0 Å². The molecule has 0 aliphatic rings. The molecule has 0 fully saturated rings. The van der Waals surface area contributed by atoms with Gasteiger partial charge in [0.05, 0.1) is 11.3 Å². The van der Waals surface area contributed by atoms with E-state index < -0.39 is 0 Å². The molecule has 0 saturated carbocycles. The van der Waals surface area contributed by atoms with Crippen molar-refractivity contribution < 1.29 is 4.74 Å². The summed E-state index contributed by atoms with van der Waals surface area (Å²) in [5.74, 6) is 0. The van der Waals surface area contributed by atoms with Crippen LogP contribution in [0.1, 0.15) is 26.5 Å². The number of hydrogen-bond donors (Lipinski definition) is 1. The molecule has 1 heterocycles. The molecule has 0 atom stereocenters. The van der Waals surface area contributed by atoms with Gasteiger partial charge < -0.3 is 10.1 Å². The van der Waals surface area contributed by atoms with Gasteiger partial charge in [-0.05, 0) is 20.8 Å². The van der Waals surface area contributed by atoms with E-state index >= 15 is 0 Å². The molecule has 0 spiro atoms. The second-order valence-corrected chi connectivity index (χ2v) is 3.99. The average Bonchev–Trinajstić information content (AvgIpc) is 2.19. The van der Waals surface area contributed by atoms with E-state index in [1.54, 1.807) is 18.6 Å². The summed E-state index contributed by atoms with van der Waals surface area (Å²) in [5.41, 5.74) is 0.821. The van der Waals surface area contributed by atoms with E-state index in [1.165, 1.54) is 0 Å². The highest BCUT2D eigenvalue weighted by Crippen LogP contribution is 2.06. The standard InChI is InChI=1S/C11H19N3O/c1-4-15-11(2,3)9-13-8-10-7-12-5-6-14-10/h5-7,13H,4,8-9H2,1-3H3. The van der Waals surface area contributed by atoms with Crippen molar-refractivity contribution in [2.75, 3.05) is 13.2 Å². The van der Waals surface area contributed by atoms with Crippen LogP contribution in [0.15, 0.2) is 18.6 Å². The molecule has 0 bridgehead atoms. The Hall–Kier alpha value is -1.00. The van der Waals surface area contributed by atoms with Gasteiger partial charge >= 0.3 is 0 Å². The molecular formula is C11H19N3O. The van der Waals surface area contributed by atoms with Crippen LogP contribution in [0, 0.1) is 0 Å². The van der Waals surface area contributed by atoms with Gasteiger partial charge in [0.1, 0.15) is 0 Å². The lowest BCUT2D eigenvalue weighted by atomic mass is 10.1. The highest BCUT2D eigenvalue weighted by molar-refractivity contribution is 4.94. The Balaban J connectivity index is 2.27. The largest absolute Gasteiger partial charge is 0.375 e. The minimum absolute atomic E-state index is 0.128. The number of aromatic nitrogens is 2. The summed E-state index contributed by atoms with van der Waals surface area (Å²) in [6.07, 6.45) is 5.14. The van der Waals surface area contributed by atoms with Gasteiger partial charge in [-0.3, -0.25) is 9.97 Å². The fraction of sp³-hybridized carbons (Fsp3) is 0.636. The summed E-state index contributed by atoms with van der Waals surface area (Å²) in [6.45, 7) is 8.41. The third-order valence-electron chi connectivity index (χ3n) is 2.01. The van der Waals surface area contributed by atoms with Gasteiger partial charge in [0.2, 0.25) is 0 Å². The number of nitrogens with one attached hydrogen (secondary N) is 1. The smallest absolute Gasteiger partial charge is 0.0750 e. The second kappa shape index (κ2) is 5.78. The van der Waals surface area contributed by atoms with E-state index in [0.29, 0.717) is 0 Å². The van der Waals surface area contributed by atoms with E-state index in [2.05, 4.69) is 29.1 Å². The van der Waals surface area contributed by atoms with Crippen LogP contribution in [-0.4, -0.2) is 28.7 Å². The number of rotatable bonds is 6. The molecule has 1 aromatic rings. The maximum atomic E-state index is 5.57. The Bertz CT molecular complexity index is 274. The van der Waals surface area contributed by atoms with Crippen LogP contribution in [0.4, 0.5) is 0 Å². The molecular weight excluding hydrogens is 190 g/mol. The Labute approximate surface area is 91.1 Å². The molecule has 0 unspecified atom stereocenters. The molecule has 0 aromatic carbocycles. The van der Waals surface area contributed by atoms with E-state index in [9.17, 15) is 0 Å². The number of nitrogens with zero attached hydrogens (tertiary/aromatic N) is 2. The molecule has 15 heavy (non-hydrogen) atoms. The molecule has 4 nitrogen and oxygen atoms in total. The van der Waals surface area contributed by atoms with Crippen LogP contribution in [0.25, 0.3) is 0 Å². The van der Waals surface area contributed by atoms with Crippen LogP contribution < -0.4 is 5.32 Å². The van der Waals surface area contributed by atoms with Gasteiger partial charge in [-0.15, -0.1) is 0 Å². The highest BCUT2D eigenvalue weighted by atomic mass is 16.5. The fourth-order valence-corrected chi connectivity index (χ4v) is 1.35. The molecule has 0 amide bonds. The van der Waals surface area contributed by atoms with Crippen molar-refractivity contribution in [2.45, 2.75) is 32.9 Å². The van der Waals surface area contributed by atoms with Crippen molar-refractivity contribution in [1.29, 1.82) is 0 Å². The molecule has 84 valence electrons. The van der Waals surface area contributed by atoms with Crippen molar-refractivity contribution in [2.24, 2.45) is 0 Å². The molecule has 0 aliphatic carbocycles. The second-order valence-electron chi connectivity index (χ2n) is 3.99. The van der Waals surface area contributed by atoms with Gasteiger partial charge in [-0.1, -0.05) is 0 Å². The van der Waals surface area contributed by atoms with Gasteiger partial charge in [0, 0.05) is 38.3 Å². The molecule has 1 N–H and O–H groups in total. The van der Waals surface area contributed by atoms with Gasteiger partial charge in [-0.25, -0.2) is 0 Å². The number of ether oxygens (including phenoxy) is 1. The summed E-state index contributed by atoms with van der Waals surface area (Å²) in [7, 11) is 0. The van der Waals surface area contributed by atoms with Crippen LogP contribution in [0.3, 0.4) is 0 Å². The maximum Gasteiger partial charge on any atom is 0.0750 e. The average molecular weight is 209 g/mol. The first-order valence-electron chi connectivity index (χ1n) is 5.23. The molecule has 0 saturated heterocycles. The predicted octanol–water partition coefficient (Wildman–Crippen LogP) is 1.38. The normalized spacial score (nSPS) is 11.7. The lowest BCUT2D eigenvalue weighted by molar-refractivity contribution is -0.00902. The predicted molar refractivity (Wildman–Crippen MR) is 59.4 cm³/mol. The van der Waals surface area contributed by atoms with Crippen molar-refractivity contribution in [1.82, 2.24) is 15.3 Å². The number of hydrogen-bond acceptors (Lipinski definition) is 4. The van der Waals surface area contributed by atoms with Crippen molar-refractivity contribution in [3.05, 3.63) is 24.3 Å². The zero-order chi connectivity index (χ0) is 11.1. The lowest BCUT2D eigenvalue weighted by Gasteiger charge is -2.24. The summed E-state index contributed by atoms with van der Waals surface area (Å²) in [5, 5.41) is 3.30. The summed E-state index contributed by atoms with van der Waals surface area (Å²) in [4.78, 5) is 8.18. The van der Waals surface area contributed by atoms with Crippen molar-refractivity contribution in [3.63, 3.8) is 0 Å². The topological polar surface area (TPSA) is 47.0 Å². The van der Waals surface area contributed by atoms with Gasteiger partial charge in [0.15, 0.2) is 0 Å². The minimum atomic E-state index is -0.128. The molecule has 1 rings (SSSR count). The monoisotopic (exact) mass is 209 g/mol. The van der Waals surface area contributed by atoms with Crippen LogP contribution in [0.2, 0.25) is 0 Å². The van der Waals surface area contributed by atoms with E-state index in [-0.39, 0.29) is 5.60 Å². The van der Waals surface area contributed by atoms with Gasteiger partial charge in [-0.2, -0.15) is 0 Å². The highest BCUT2D eigenvalue weighted by Gasteiger charge is 2.16. The van der Waals surface area contributed by atoms with E-state index in [0.717, 1.165) is 25.4 Å². The summed E-state index contributed by atoms with van der Waals surface area (Å²) >= 11 is 0. The van der Waals surface area contributed by atoms with Crippen molar-refractivity contribution >= 4 is 0 Å². The Kier molecular flexibility index (Phi) is 4.65. The SMILES string of the molecule is CCOC(C)(C)CNCc1cnccn1. The third kappa shape index (κ3) is 4.85. The van der Waals surface area contributed by atoms with E-state index in [1.807, 2.05) is 6.92 Å². The zero-order valence-electron chi connectivity index (χ0n) is 9.66. The first-order valence-corrected chi connectivity index (χ1v) is 5.23. The molecule has 0 aliphatic heterocycles. The fourth-order valence-electron chi connectivity index (χ4n) is 1.35. The minimum Gasteiger partial charge on any atom is -0.375 e. The van der Waals surface area contributed by atoms with Gasteiger partial charge in [0.25, 0.3) is 0 Å². The Morgan fingerprint density at radius 1 is 1.40 bits per heavy atom. The molecule has 4 heteroatoms. The Morgan fingerprint density at radius 2 is 2.20 bits per heavy atom. The molecule has 0 radical (unpaired) electrons.